The van der Waals surface area contributed by atoms with Crippen molar-refractivity contribution in [2.75, 3.05) is 0 Å². The summed E-state index contributed by atoms with van der Waals surface area (Å²) in [5.74, 6) is 0. The molecule has 2 aromatic rings. The van der Waals surface area contributed by atoms with E-state index in [1.54, 1.807) is 0 Å². The van der Waals surface area contributed by atoms with Crippen LogP contribution in [-0.2, 0) is 27.3 Å². The van der Waals surface area contributed by atoms with Crippen LogP contribution in [0.1, 0.15) is 37.0 Å². The second kappa shape index (κ2) is 9.06. The number of allylic oxidation sites excluding steroid dienone is 1. The Labute approximate surface area is 152 Å². The molecule has 3 heteroatoms. The molecule has 0 saturated heterocycles. The van der Waals surface area contributed by atoms with Gasteiger partial charge in [-0.25, -0.2) is 0 Å². The van der Waals surface area contributed by atoms with Crippen molar-refractivity contribution in [3.05, 3.63) is 71.1 Å². The molecule has 0 bridgehead atoms. The fraction of sp³-hybridized carbons (Fsp3) is 0.211. The van der Waals surface area contributed by atoms with Gasteiger partial charge in [0.05, 0.1) is 0 Å². The Balaban J connectivity index is 0.000000545. The summed E-state index contributed by atoms with van der Waals surface area (Å²) < 4.78 is 0. The summed E-state index contributed by atoms with van der Waals surface area (Å²) in [6.45, 7) is 4.38. The van der Waals surface area contributed by atoms with Crippen LogP contribution >= 0.6 is 17.0 Å². The molecule has 113 valence electrons. The monoisotopic (exact) mass is 407 g/mol. The molecule has 0 aliphatic heterocycles. The van der Waals surface area contributed by atoms with Crippen LogP contribution in [0.5, 0.6) is 0 Å². The Morgan fingerprint density at radius 1 is 1.00 bits per heavy atom. The van der Waals surface area contributed by atoms with Crippen molar-refractivity contribution in [2.24, 2.45) is 0 Å². The van der Waals surface area contributed by atoms with Crippen molar-refractivity contribution in [1.29, 1.82) is 0 Å². The van der Waals surface area contributed by atoms with Gasteiger partial charge in [-0.05, 0) is 41.2 Å². The van der Waals surface area contributed by atoms with Crippen LogP contribution < -0.4 is 0 Å². The average Bonchev–Trinajstić information content (AvgIpc) is 2.89. The number of fused-ring (bicyclic) bond motifs is 1. The van der Waals surface area contributed by atoms with E-state index in [1.807, 2.05) is 0 Å². The van der Waals surface area contributed by atoms with E-state index in [2.05, 4.69) is 68.8 Å². The van der Waals surface area contributed by atoms with Crippen LogP contribution in [0.3, 0.4) is 0 Å². The van der Waals surface area contributed by atoms with E-state index in [9.17, 15) is 0 Å². The summed E-state index contributed by atoms with van der Waals surface area (Å²) in [6, 6.07) is 15.6. The van der Waals surface area contributed by atoms with Gasteiger partial charge >= 0.3 is 37.9 Å². The van der Waals surface area contributed by atoms with Gasteiger partial charge in [0.25, 0.3) is 0 Å². The third-order valence-electron chi connectivity index (χ3n) is 3.70. The molecule has 0 spiro atoms. The molecule has 1 aliphatic carbocycles. The summed E-state index contributed by atoms with van der Waals surface area (Å²) in [4.78, 5) is 0. The van der Waals surface area contributed by atoms with E-state index < -0.39 is 20.8 Å². The Bertz CT molecular complexity index is 645. The first-order valence-corrected chi connectivity index (χ1v) is 13.7. The third-order valence-corrected chi connectivity index (χ3v) is 3.70. The minimum atomic E-state index is -0.826. The van der Waals surface area contributed by atoms with Crippen molar-refractivity contribution < 1.29 is 20.8 Å². The summed E-state index contributed by atoms with van der Waals surface area (Å²) in [5, 5.41) is 0. The predicted molar refractivity (Wildman–Crippen MR) is 94.6 cm³/mol. The number of benzene rings is 2. The maximum atomic E-state index is 4.93. The van der Waals surface area contributed by atoms with Crippen LogP contribution in [0.4, 0.5) is 0 Å². The fourth-order valence-electron chi connectivity index (χ4n) is 2.78. The van der Waals surface area contributed by atoms with Crippen molar-refractivity contribution in [2.45, 2.75) is 26.7 Å². The first kappa shape index (κ1) is 18.0. The zero-order valence-electron chi connectivity index (χ0n) is 12.9. The van der Waals surface area contributed by atoms with E-state index in [0.29, 0.717) is 0 Å². The molecular formula is C19H19Cl2Zr. The van der Waals surface area contributed by atoms with Crippen molar-refractivity contribution in [3.63, 3.8) is 0 Å². The van der Waals surface area contributed by atoms with Crippen LogP contribution in [0, 0.1) is 6.42 Å². The fourth-order valence-corrected chi connectivity index (χ4v) is 2.78. The molecular weight excluding hydrogens is 390 g/mol. The van der Waals surface area contributed by atoms with Gasteiger partial charge in [-0.3, -0.25) is 0 Å². The molecule has 1 radical (unpaired) electrons. The van der Waals surface area contributed by atoms with Gasteiger partial charge in [-0.1, -0.05) is 67.5 Å². The van der Waals surface area contributed by atoms with Crippen LogP contribution in [0.25, 0.3) is 17.2 Å². The van der Waals surface area contributed by atoms with Crippen molar-refractivity contribution in [1.82, 2.24) is 0 Å². The second-order valence-corrected chi connectivity index (χ2v) is 9.09. The standard InChI is InChI=1S/C19H19.2ClH.Zr/c1-3-5-15-8-10-16(11-9-15)18-7-4-6-17-12-14(2)13-19(17)18;;;/h4,6-13H,3,5H2,1-2H3;2*1H;/q;;;+2/p-2. The number of hydrogen-bond donors (Lipinski definition) is 0. The zero-order valence-corrected chi connectivity index (χ0v) is 16.8. The van der Waals surface area contributed by atoms with Gasteiger partial charge in [0, 0.05) is 6.42 Å². The van der Waals surface area contributed by atoms with Gasteiger partial charge in [0.15, 0.2) is 0 Å². The molecule has 2 aromatic carbocycles. The zero-order chi connectivity index (χ0) is 15.9. The molecule has 3 rings (SSSR count). The van der Waals surface area contributed by atoms with Gasteiger partial charge in [-0.2, -0.15) is 0 Å². The van der Waals surface area contributed by atoms with E-state index in [-0.39, 0.29) is 0 Å². The summed E-state index contributed by atoms with van der Waals surface area (Å²) in [5.41, 5.74) is 8.13. The van der Waals surface area contributed by atoms with Crippen LogP contribution in [0.15, 0.2) is 48.0 Å². The Kier molecular flexibility index (Phi) is 7.41. The van der Waals surface area contributed by atoms with Gasteiger partial charge in [0.1, 0.15) is 0 Å². The summed E-state index contributed by atoms with van der Waals surface area (Å²) in [6.07, 6.45) is 6.91. The molecule has 0 saturated carbocycles. The van der Waals surface area contributed by atoms with E-state index in [4.69, 9.17) is 17.0 Å². The molecule has 0 nitrogen and oxygen atoms in total. The molecule has 22 heavy (non-hydrogen) atoms. The summed E-state index contributed by atoms with van der Waals surface area (Å²) >= 11 is -0.826. The van der Waals surface area contributed by atoms with Gasteiger partial charge < -0.3 is 0 Å². The minimum absolute atomic E-state index is 0.826. The number of rotatable bonds is 3. The number of aryl methyl sites for hydroxylation is 1. The third kappa shape index (κ3) is 4.57. The topological polar surface area (TPSA) is 0 Å². The second-order valence-electron chi connectivity index (χ2n) is 5.36. The maximum absolute atomic E-state index is 4.93. The van der Waals surface area contributed by atoms with Crippen molar-refractivity contribution in [3.8, 4) is 11.1 Å². The van der Waals surface area contributed by atoms with E-state index >= 15 is 0 Å². The molecule has 0 fully saturated rings. The molecule has 1 aliphatic rings. The normalized spacial score (nSPS) is 12.1. The molecule has 0 N–H and O–H groups in total. The summed E-state index contributed by atoms with van der Waals surface area (Å²) in [7, 11) is 9.87. The molecule has 0 aromatic heterocycles. The van der Waals surface area contributed by atoms with Crippen molar-refractivity contribution >= 4 is 23.1 Å². The van der Waals surface area contributed by atoms with Gasteiger partial charge in [-0.15, -0.1) is 0 Å². The number of halogens is 2. The Hall–Kier alpha value is -0.357. The average molecular weight is 409 g/mol. The Morgan fingerprint density at radius 2 is 1.68 bits per heavy atom. The molecule has 0 atom stereocenters. The molecule has 0 unspecified atom stereocenters. The Morgan fingerprint density at radius 3 is 2.32 bits per heavy atom. The van der Waals surface area contributed by atoms with E-state index in [1.165, 1.54) is 46.2 Å². The SMILES string of the molecule is CCCc1ccc(-c2cccc3c2C=C(C)[CH]3)cc1.[Cl][Zr][Cl]. The quantitative estimate of drug-likeness (QED) is 0.532. The van der Waals surface area contributed by atoms with E-state index in [0.717, 1.165) is 0 Å². The number of hydrogen-bond acceptors (Lipinski definition) is 0. The molecule has 0 heterocycles. The first-order chi connectivity index (χ1) is 10.7. The first-order valence-electron chi connectivity index (χ1n) is 7.41. The molecule has 0 amide bonds. The van der Waals surface area contributed by atoms with Gasteiger partial charge in [0.2, 0.25) is 0 Å². The van der Waals surface area contributed by atoms with Crippen LogP contribution in [-0.4, -0.2) is 0 Å². The van der Waals surface area contributed by atoms with Crippen LogP contribution in [0.2, 0.25) is 0 Å². The predicted octanol–water partition coefficient (Wildman–Crippen LogP) is 6.65.